The molecule has 1 aromatic carbocycles. The maximum Gasteiger partial charge on any atom is 0.189 e. The topological polar surface area (TPSA) is 64.3 Å². The summed E-state index contributed by atoms with van der Waals surface area (Å²) in [5.41, 5.74) is 4.89. The molecule has 0 spiro atoms. The van der Waals surface area contributed by atoms with Gasteiger partial charge < -0.3 is 15.4 Å². The van der Waals surface area contributed by atoms with Crippen molar-refractivity contribution in [3.05, 3.63) is 17.5 Å². The van der Waals surface area contributed by atoms with Gasteiger partial charge >= 0.3 is 0 Å². The van der Waals surface area contributed by atoms with Crippen molar-refractivity contribution >= 4 is 34.2 Å². The molecule has 2 heterocycles. The molecule has 0 bridgehead atoms. The van der Waals surface area contributed by atoms with Gasteiger partial charge in [-0.25, -0.2) is 23.1 Å². The zero-order valence-electron chi connectivity index (χ0n) is 11.7. The molecule has 0 radical (unpaired) electrons. The van der Waals surface area contributed by atoms with E-state index in [0.29, 0.717) is 13.2 Å². The average molecular weight is 330 g/mol. The molecular weight excluding hydrogens is 317 g/mol. The predicted octanol–water partition coefficient (Wildman–Crippen LogP) is 2.19. The van der Waals surface area contributed by atoms with Gasteiger partial charge in [-0.05, 0) is 6.26 Å². The van der Waals surface area contributed by atoms with Crippen molar-refractivity contribution < 1.29 is 17.9 Å². The highest BCUT2D eigenvalue weighted by Crippen LogP contribution is 2.35. The lowest BCUT2D eigenvalue weighted by Crippen LogP contribution is -2.37. The number of nitrogens with zero attached hydrogens (tertiary/aromatic N) is 3. The molecule has 1 saturated heterocycles. The number of hydrogen-bond acceptors (Lipinski definition) is 6. The number of hydrogen-bond donors (Lipinski definition) is 1. The van der Waals surface area contributed by atoms with Crippen LogP contribution in [0.5, 0.6) is 0 Å². The molecule has 1 fully saturated rings. The maximum absolute atomic E-state index is 14.7. The van der Waals surface area contributed by atoms with E-state index in [1.54, 1.807) is 6.26 Å². The second kappa shape index (κ2) is 5.81. The number of halogens is 3. The molecular formula is C13H13F3N4OS. The maximum atomic E-state index is 14.7. The lowest BCUT2D eigenvalue weighted by molar-refractivity contribution is 0.122. The average Bonchev–Trinajstić information content (AvgIpc) is 2.53. The number of thioether (sulfide) groups is 1. The number of anilines is 2. The molecule has 0 amide bonds. The number of morpholine rings is 1. The van der Waals surface area contributed by atoms with Crippen LogP contribution in [0.3, 0.4) is 0 Å². The fourth-order valence-electron chi connectivity index (χ4n) is 2.41. The standard InChI is InChI=1S/C13H13F3N4OS/c1-22-13-18-10-6(12(17)19-13)7(14)8(15)11(9(10)16)20-2-4-21-5-3-20/h2-5H2,1H3,(H2,17,18,19). The molecule has 118 valence electrons. The summed E-state index contributed by atoms with van der Waals surface area (Å²) in [5.74, 6) is -3.72. The molecule has 0 atom stereocenters. The number of benzene rings is 1. The molecule has 1 aliphatic heterocycles. The third-order valence-corrected chi connectivity index (χ3v) is 4.01. The molecule has 0 aliphatic carbocycles. The van der Waals surface area contributed by atoms with Crippen molar-refractivity contribution in [2.45, 2.75) is 5.16 Å². The Morgan fingerprint density at radius 1 is 1.09 bits per heavy atom. The molecule has 2 N–H and O–H groups in total. The van der Waals surface area contributed by atoms with Crippen LogP contribution in [0.15, 0.2) is 5.16 Å². The predicted molar refractivity (Wildman–Crippen MR) is 78.6 cm³/mol. The molecule has 9 heteroatoms. The molecule has 0 unspecified atom stereocenters. The third-order valence-electron chi connectivity index (χ3n) is 3.46. The van der Waals surface area contributed by atoms with E-state index < -0.39 is 28.5 Å². The van der Waals surface area contributed by atoms with Crippen LogP contribution in [0.1, 0.15) is 0 Å². The highest BCUT2D eigenvalue weighted by molar-refractivity contribution is 7.98. The first-order chi connectivity index (χ1) is 10.5. The summed E-state index contributed by atoms with van der Waals surface area (Å²) >= 11 is 1.14. The van der Waals surface area contributed by atoms with Crippen LogP contribution in [-0.2, 0) is 4.74 Å². The van der Waals surface area contributed by atoms with Crippen molar-refractivity contribution in [2.24, 2.45) is 0 Å². The first-order valence-corrected chi connectivity index (χ1v) is 7.77. The summed E-state index contributed by atoms with van der Waals surface area (Å²) in [6, 6.07) is 0. The van der Waals surface area contributed by atoms with Crippen molar-refractivity contribution in [1.82, 2.24) is 9.97 Å². The summed E-state index contributed by atoms with van der Waals surface area (Å²) in [6.45, 7) is 1.19. The van der Waals surface area contributed by atoms with Crippen LogP contribution in [-0.4, -0.2) is 42.5 Å². The summed E-state index contributed by atoms with van der Waals surface area (Å²) in [5, 5.41) is -0.229. The molecule has 1 aliphatic rings. The Labute approximate surface area is 128 Å². The Balaban J connectivity index is 2.29. The van der Waals surface area contributed by atoms with Gasteiger partial charge in [-0.1, -0.05) is 11.8 Å². The Morgan fingerprint density at radius 2 is 1.77 bits per heavy atom. The van der Waals surface area contributed by atoms with Gasteiger partial charge in [0.2, 0.25) is 0 Å². The van der Waals surface area contributed by atoms with Gasteiger partial charge in [-0.15, -0.1) is 0 Å². The monoisotopic (exact) mass is 330 g/mol. The highest BCUT2D eigenvalue weighted by atomic mass is 32.2. The quantitative estimate of drug-likeness (QED) is 0.517. The summed E-state index contributed by atoms with van der Waals surface area (Å²) in [4.78, 5) is 9.18. The van der Waals surface area contributed by atoms with Crippen molar-refractivity contribution in [3.63, 3.8) is 0 Å². The molecule has 1 aromatic heterocycles. The smallest absolute Gasteiger partial charge is 0.189 e. The first-order valence-electron chi connectivity index (χ1n) is 6.55. The molecule has 0 saturated carbocycles. The normalized spacial score (nSPS) is 15.5. The summed E-state index contributed by atoms with van der Waals surface area (Å²) < 4.78 is 48.5. The fraction of sp³-hybridized carbons (Fsp3) is 0.385. The number of fused-ring (bicyclic) bond motifs is 1. The Morgan fingerprint density at radius 3 is 2.41 bits per heavy atom. The van der Waals surface area contributed by atoms with E-state index >= 15 is 0 Å². The summed E-state index contributed by atoms with van der Waals surface area (Å²) in [6.07, 6.45) is 1.68. The van der Waals surface area contributed by atoms with Gasteiger partial charge in [-0.2, -0.15) is 0 Å². The number of nitrogens with two attached hydrogens (primary N) is 1. The van der Waals surface area contributed by atoms with Crippen molar-refractivity contribution in [2.75, 3.05) is 43.2 Å². The Kier molecular flexibility index (Phi) is 4.00. The van der Waals surface area contributed by atoms with E-state index in [1.807, 2.05) is 0 Å². The van der Waals surface area contributed by atoms with Gasteiger partial charge in [0.25, 0.3) is 0 Å². The van der Waals surface area contributed by atoms with E-state index in [-0.39, 0.29) is 29.6 Å². The summed E-state index contributed by atoms with van der Waals surface area (Å²) in [7, 11) is 0. The van der Waals surface area contributed by atoms with E-state index in [1.165, 1.54) is 4.90 Å². The number of nitrogen functional groups attached to an aromatic ring is 1. The zero-order chi connectivity index (χ0) is 15.9. The lowest BCUT2D eigenvalue weighted by atomic mass is 10.1. The Bertz CT molecular complexity index is 737. The second-order valence-corrected chi connectivity index (χ2v) is 5.48. The van der Waals surface area contributed by atoms with Crippen LogP contribution in [0.4, 0.5) is 24.7 Å². The second-order valence-electron chi connectivity index (χ2n) is 4.71. The minimum atomic E-state index is -1.28. The minimum Gasteiger partial charge on any atom is -0.383 e. The zero-order valence-corrected chi connectivity index (χ0v) is 12.5. The fourth-order valence-corrected chi connectivity index (χ4v) is 2.78. The first kappa shape index (κ1) is 15.2. The van der Waals surface area contributed by atoms with E-state index in [9.17, 15) is 13.2 Å². The number of rotatable bonds is 2. The largest absolute Gasteiger partial charge is 0.383 e. The van der Waals surface area contributed by atoms with E-state index in [2.05, 4.69) is 9.97 Å². The van der Waals surface area contributed by atoms with Crippen LogP contribution >= 0.6 is 11.8 Å². The van der Waals surface area contributed by atoms with Crippen LogP contribution in [0.2, 0.25) is 0 Å². The highest BCUT2D eigenvalue weighted by Gasteiger charge is 2.28. The molecule has 5 nitrogen and oxygen atoms in total. The SMILES string of the molecule is CSc1nc(N)c2c(F)c(F)c(N3CCOCC3)c(F)c2n1. The van der Waals surface area contributed by atoms with Gasteiger partial charge in [0.1, 0.15) is 17.0 Å². The van der Waals surface area contributed by atoms with E-state index in [0.717, 1.165) is 11.8 Å². The van der Waals surface area contributed by atoms with Gasteiger partial charge in [-0.3, -0.25) is 0 Å². The molecule has 3 rings (SSSR count). The van der Waals surface area contributed by atoms with Crippen LogP contribution in [0.25, 0.3) is 10.9 Å². The lowest BCUT2D eigenvalue weighted by Gasteiger charge is -2.29. The third kappa shape index (κ3) is 2.34. The van der Waals surface area contributed by atoms with E-state index in [4.69, 9.17) is 10.5 Å². The van der Waals surface area contributed by atoms with Crippen LogP contribution < -0.4 is 10.6 Å². The van der Waals surface area contributed by atoms with Gasteiger partial charge in [0.15, 0.2) is 22.6 Å². The van der Waals surface area contributed by atoms with Crippen molar-refractivity contribution in [3.8, 4) is 0 Å². The number of ether oxygens (including phenoxy) is 1. The minimum absolute atomic E-state index is 0.197. The van der Waals surface area contributed by atoms with Crippen LogP contribution in [0, 0.1) is 17.5 Å². The molecule has 22 heavy (non-hydrogen) atoms. The van der Waals surface area contributed by atoms with Crippen molar-refractivity contribution in [1.29, 1.82) is 0 Å². The van der Waals surface area contributed by atoms with Gasteiger partial charge in [0, 0.05) is 13.1 Å². The Hall–Kier alpha value is -1.74. The van der Waals surface area contributed by atoms with Gasteiger partial charge in [0.05, 0.1) is 18.6 Å². The number of aromatic nitrogens is 2. The molecule has 2 aromatic rings.